The molecule has 0 spiro atoms. The minimum absolute atomic E-state index is 0.768. The highest BCUT2D eigenvalue weighted by Crippen LogP contribution is 2.24. The topological polar surface area (TPSA) is 28.4 Å². The van der Waals surface area contributed by atoms with E-state index in [-0.39, 0.29) is 0 Å². The number of likely N-dealkylation sites (tertiary alicyclic amines) is 1. The highest BCUT2D eigenvalue weighted by atomic mass is 16.3. The molecule has 0 aromatic carbocycles. The first-order valence-electron chi connectivity index (χ1n) is 8.39. The zero-order chi connectivity index (χ0) is 13.8. The van der Waals surface area contributed by atoms with Crippen LogP contribution < -0.4 is 5.32 Å². The third-order valence-electron chi connectivity index (χ3n) is 4.61. The van der Waals surface area contributed by atoms with Crippen molar-refractivity contribution in [1.82, 2.24) is 10.2 Å². The lowest BCUT2D eigenvalue weighted by atomic mass is 9.98. The Bertz CT molecular complexity index is 409. The summed E-state index contributed by atoms with van der Waals surface area (Å²) in [6.07, 6.45) is 11.3. The third kappa shape index (κ3) is 3.86. The smallest absolute Gasteiger partial charge is 0.118 e. The first-order chi connectivity index (χ1) is 9.85. The fourth-order valence-corrected chi connectivity index (χ4v) is 3.28. The van der Waals surface area contributed by atoms with Gasteiger partial charge in [-0.25, -0.2) is 0 Å². The fraction of sp³-hybridized carbons (Fsp3) is 0.765. The lowest BCUT2D eigenvalue weighted by molar-refractivity contribution is 0.122. The van der Waals surface area contributed by atoms with Crippen LogP contribution in [0.1, 0.15) is 63.2 Å². The zero-order valence-electron chi connectivity index (χ0n) is 12.7. The molecule has 1 saturated carbocycles. The van der Waals surface area contributed by atoms with Crippen LogP contribution in [-0.4, -0.2) is 23.5 Å². The van der Waals surface area contributed by atoms with E-state index in [1.165, 1.54) is 57.1 Å². The van der Waals surface area contributed by atoms with Crippen molar-refractivity contribution in [3.8, 4) is 0 Å². The summed E-state index contributed by atoms with van der Waals surface area (Å²) in [5, 5.41) is 3.55. The molecule has 1 aliphatic heterocycles. The number of nitrogens with zero attached hydrogens (tertiary/aromatic N) is 1. The van der Waals surface area contributed by atoms with Gasteiger partial charge in [0.05, 0.1) is 12.8 Å². The molecule has 0 bridgehead atoms. The van der Waals surface area contributed by atoms with Crippen LogP contribution in [0, 0.1) is 0 Å². The molecule has 1 aromatic rings. The minimum atomic E-state index is 0.768. The van der Waals surface area contributed by atoms with Crippen molar-refractivity contribution in [3.05, 3.63) is 23.7 Å². The molecular weight excluding hydrogens is 248 g/mol. The monoisotopic (exact) mass is 276 g/mol. The highest BCUT2D eigenvalue weighted by Gasteiger charge is 2.23. The van der Waals surface area contributed by atoms with Crippen LogP contribution in [0.15, 0.2) is 16.7 Å². The van der Waals surface area contributed by atoms with Crippen molar-refractivity contribution in [2.24, 2.45) is 0 Å². The van der Waals surface area contributed by atoms with Gasteiger partial charge in [-0.2, -0.15) is 0 Å². The van der Waals surface area contributed by atoms with Gasteiger partial charge in [0.2, 0.25) is 0 Å². The van der Waals surface area contributed by atoms with Gasteiger partial charge < -0.3 is 9.73 Å². The molecule has 0 radical (unpaired) electrons. The van der Waals surface area contributed by atoms with E-state index in [4.69, 9.17) is 4.42 Å². The number of nitrogens with one attached hydrogen (secondary N) is 1. The van der Waals surface area contributed by atoms with Crippen LogP contribution >= 0.6 is 0 Å². The second-order valence-corrected chi connectivity index (χ2v) is 6.49. The molecule has 1 unspecified atom stereocenters. The van der Waals surface area contributed by atoms with E-state index in [9.17, 15) is 0 Å². The molecule has 1 saturated heterocycles. The second-order valence-electron chi connectivity index (χ2n) is 6.49. The molecule has 112 valence electrons. The quantitative estimate of drug-likeness (QED) is 0.823. The van der Waals surface area contributed by atoms with Crippen LogP contribution in [0.25, 0.3) is 0 Å². The summed E-state index contributed by atoms with van der Waals surface area (Å²) in [6.45, 7) is 5.49. The van der Waals surface area contributed by atoms with Gasteiger partial charge in [0.25, 0.3) is 0 Å². The van der Waals surface area contributed by atoms with Crippen LogP contribution in [0.3, 0.4) is 0 Å². The Labute approximate surface area is 122 Å². The predicted octanol–water partition coefficient (Wildman–Crippen LogP) is 3.69. The Kier molecular flexibility index (Phi) is 4.79. The van der Waals surface area contributed by atoms with E-state index in [1.807, 2.05) is 6.26 Å². The van der Waals surface area contributed by atoms with Crippen molar-refractivity contribution in [3.63, 3.8) is 0 Å². The summed E-state index contributed by atoms with van der Waals surface area (Å²) in [4.78, 5) is 2.63. The summed E-state index contributed by atoms with van der Waals surface area (Å²) in [5.74, 6) is 1.14. The molecular formula is C17H28N2O. The van der Waals surface area contributed by atoms with Gasteiger partial charge in [0, 0.05) is 24.2 Å². The predicted molar refractivity (Wildman–Crippen MR) is 81.5 cm³/mol. The molecule has 2 fully saturated rings. The van der Waals surface area contributed by atoms with Crippen molar-refractivity contribution >= 4 is 0 Å². The van der Waals surface area contributed by atoms with Crippen LogP contribution in [0.5, 0.6) is 0 Å². The van der Waals surface area contributed by atoms with Crippen molar-refractivity contribution in [1.29, 1.82) is 0 Å². The van der Waals surface area contributed by atoms with Gasteiger partial charge in [-0.05, 0) is 44.7 Å². The van der Waals surface area contributed by atoms with E-state index in [0.717, 1.165) is 30.9 Å². The van der Waals surface area contributed by atoms with Crippen LogP contribution in [0.4, 0.5) is 0 Å². The molecule has 1 aromatic heterocycles. The Morgan fingerprint density at radius 1 is 1.30 bits per heavy atom. The van der Waals surface area contributed by atoms with E-state index in [0.29, 0.717) is 0 Å². The molecule has 2 aliphatic rings. The maximum Gasteiger partial charge on any atom is 0.118 e. The van der Waals surface area contributed by atoms with Gasteiger partial charge in [-0.1, -0.05) is 19.8 Å². The molecule has 0 amide bonds. The number of rotatable bonds is 7. The Hall–Kier alpha value is -0.800. The second kappa shape index (κ2) is 6.77. The van der Waals surface area contributed by atoms with Crippen molar-refractivity contribution in [2.45, 2.75) is 77.0 Å². The number of piperidine rings is 1. The first kappa shape index (κ1) is 14.2. The van der Waals surface area contributed by atoms with E-state index in [2.05, 4.69) is 23.2 Å². The number of hydrogen-bond donors (Lipinski definition) is 1. The first-order valence-corrected chi connectivity index (χ1v) is 8.39. The molecule has 3 heteroatoms. The maximum absolute atomic E-state index is 5.76. The molecule has 1 atom stereocenters. The number of hydrogen-bond acceptors (Lipinski definition) is 3. The lowest BCUT2D eigenvalue weighted by Gasteiger charge is -2.35. The van der Waals surface area contributed by atoms with E-state index < -0.39 is 0 Å². The Balaban J connectivity index is 1.52. The average Bonchev–Trinajstić information content (AvgIpc) is 3.19. The van der Waals surface area contributed by atoms with Gasteiger partial charge in [-0.3, -0.25) is 4.90 Å². The normalized spacial score (nSPS) is 24.1. The molecule has 3 rings (SSSR count). The minimum Gasteiger partial charge on any atom is -0.468 e. The molecule has 1 N–H and O–H groups in total. The summed E-state index contributed by atoms with van der Waals surface area (Å²) in [5.41, 5.74) is 1.30. The standard InChI is InChI=1S/C17H28N2O/c1-2-5-16-6-3-4-9-19(16)12-17-10-14(13-20-17)11-18-15-7-8-15/h10,13,15-16,18H,2-9,11-12H2,1H3. The van der Waals surface area contributed by atoms with E-state index >= 15 is 0 Å². The van der Waals surface area contributed by atoms with Crippen molar-refractivity contribution in [2.75, 3.05) is 6.54 Å². The lowest BCUT2D eigenvalue weighted by Crippen LogP contribution is -2.38. The highest BCUT2D eigenvalue weighted by molar-refractivity contribution is 5.13. The van der Waals surface area contributed by atoms with Gasteiger partial charge in [-0.15, -0.1) is 0 Å². The zero-order valence-corrected chi connectivity index (χ0v) is 12.7. The van der Waals surface area contributed by atoms with Gasteiger partial charge in [0.1, 0.15) is 5.76 Å². The Morgan fingerprint density at radius 3 is 3.00 bits per heavy atom. The van der Waals surface area contributed by atoms with Crippen molar-refractivity contribution < 1.29 is 4.42 Å². The summed E-state index contributed by atoms with van der Waals surface area (Å²) < 4.78 is 5.76. The van der Waals surface area contributed by atoms with Gasteiger partial charge >= 0.3 is 0 Å². The van der Waals surface area contributed by atoms with Crippen LogP contribution in [0.2, 0.25) is 0 Å². The Morgan fingerprint density at radius 2 is 2.20 bits per heavy atom. The largest absolute Gasteiger partial charge is 0.468 e. The van der Waals surface area contributed by atoms with E-state index in [1.54, 1.807) is 0 Å². The molecule has 1 aliphatic carbocycles. The molecule has 2 heterocycles. The summed E-state index contributed by atoms with van der Waals surface area (Å²) in [7, 11) is 0. The summed E-state index contributed by atoms with van der Waals surface area (Å²) in [6, 6.07) is 3.78. The third-order valence-corrected chi connectivity index (χ3v) is 4.61. The SMILES string of the molecule is CCCC1CCCCN1Cc1cc(CNC2CC2)co1. The maximum atomic E-state index is 5.76. The van der Waals surface area contributed by atoms with Crippen LogP contribution in [-0.2, 0) is 13.1 Å². The summed E-state index contributed by atoms with van der Waals surface area (Å²) >= 11 is 0. The average molecular weight is 276 g/mol. The number of furan rings is 1. The molecule has 20 heavy (non-hydrogen) atoms. The fourth-order valence-electron chi connectivity index (χ4n) is 3.28. The van der Waals surface area contributed by atoms with Gasteiger partial charge in [0.15, 0.2) is 0 Å². The molecule has 3 nitrogen and oxygen atoms in total.